The van der Waals surface area contributed by atoms with Gasteiger partial charge in [-0.05, 0) is 46.1 Å². The quantitative estimate of drug-likeness (QED) is 0.745. The molecular formula is C14H27N3O. The molecule has 0 radical (unpaired) electrons. The molecule has 1 saturated heterocycles. The molecule has 104 valence electrons. The van der Waals surface area contributed by atoms with E-state index >= 15 is 0 Å². The summed E-state index contributed by atoms with van der Waals surface area (Å²) in [5, 5.41) is 6.58. The summed E-state index contributed by atoms with van der Waals surface area (Å²) in [4.78, 5) is 14.2. The molecule has 4 heteroatoms. The zero-order valence-corrected chi connectivity index (χ0v) is 11.7. The van der Waals surface area contributed by atoms with Crippen molar-refractivity contribution in [3.05, 3.63) is 0 Å². The van der Waals surface area contributed by atoms with Crippen LogP contribution in [0.15, 0.2) is 0 Å². The Balaban J connectivity index is 1.76. The maximum Gasteiger partial charge on any atom is 0.234 e. The molecule has 0 aromatic heterocycles. The number of amides is 1. The van der Waals surface area contributed by atoms with Gasteiger partial charge in [-0.25, -0.2) is 0 Å². The van der Waals surface area contributed by atoms with Gasteiger partial charge in [0.2, 0.25) is 5.91 Å². The molecule has 4 nitrogen and oxygen atoms in total. The Bertz CT molecular complexity index is 276. The first kappa shape index (κ1) is 13.8. The van der Waals surface area contributed by atoms with Crippen LogP contribution in [0.25, 0.3) is 0 Å². The smallest absolute Gasteiger partial charge is 0.234 e. The molecular weight excluding hydrogens is 226 g/mol. The van der Waals surface area contributed by atoms with Crippen molar-refractivity contribution in [1.29, 1.82) is 0 Å². The molecule has 1 saturated carbocycles. The monoisotopic (exact) mass is 253 g/mol. The van der Waals surface area contributed by atoms with E-state index in [1.807, 2.05) is 13.8 Å². The number of nitrogens with zero attached hydrogens (tertiary/aromatic N) is 1. The van der Waals surface area contributed by atoms with Gasteiger partial charge in [-0.1, -0.05) is 6.42 Å². The Morgan fingerprint density at radius 1 is 1.28 bits per heavy atom. The number of likely N-dealkylation sites (tertiary alicyclic amines) is 1. The molecule has 2 rings (SSSR count). The first-order chi connectivity index (χ1) is 8.65. The van der Waals surface area contributed by atoms with Gasteiger partial charge in [0.25, 0.3) is 0 Å². The lowest BCUT2D eigenvalue weighted by atomic mass is 10.0. The lowest BCUT2D eigenvalue weighted by Gasteiger charge is -2.35. The Hall–Kier alpha value is -0.610. The standard InChI is InChI=1S/C14H27N3O/c1-11(2)16-14(18)10-17-8-4-3-5-13(17)9-15-12-6-7-12/h11-13,15H,3-10H2,1-2H3,(H,16,18). The summed E-state index contributed by atoms with van der Waals surface area (Å²) in [6.07, 6.45) is 6.43. The van der Waals surface area contributed by atoms with E-state index in [1.54, 1.807) is 0 Å². The molecule has 2 N–H and O–H groups in total. The summed E-state index contributed by atoms with van der Waals surface area (Å²) in [5.74, 6) is 0.170. The minimum atomic E-state index is 0.170. The molecule has 0 bridgehead atoms. The van der Waals surface area contributed by atoms with Crippen LogP contribution in [0.5, 0.6) is 0 Å². The number of rotatable bonds is 6. The van der Waals surface area contributed by atoms with Crippen LogP contribution in [0.2, 0.25) is 0 Å². The minimum absolute atomic E-state index is 0.170. The van der Waals surface area contributed by atoms with E-state index < -0.39 is 0 Å². The van der Waals surface area contributed by atoms with Crippen LogP contribution < -0.4 is 10.6 Å². The number of hydrogen-bond acceptors (Lipinski definition) is 3. The summed E-state index contributed by atoms with van der Waals surface area (Å²) in [5.41, 5.74) is 0. The summed E-state index contributed by atoms with van der Waals surface area (Å²) in [7, 11) is 0. The molecule has 18 heavy (non-hydrogen) atoms. The van der Waals surface area contributed by atoms with Gasteiger partial charge in [-0.2, -0.15) is 0 Å². The van der Waals surface area contributed by atoms with E-state index in [9.17, 15) is 4.79 Å². The second-order valence-electron chi connectivity index (χ2n) is 6.02. The Morgan fingerprint density at radius 2 is 2.06 bits per heavy atom. The first-order valence-electron chi connectivity index (χ1n) is 7.42. The average molecular weight is 253 g/mol. The van der Waals surface area contributed by atoms with E-state index in [4.69, 9.17) is 0 Å². The number of nitrogens with one attached hydrogen (secondary N) is 2. The normalized spacial score (nSPS) is 25.4. The zero-order chi connectivity index (χ0) is 13.0. The van der Waals surface area contributed by atoms with Crippen LogP contribution in [0.3, 0.4) is 0 Å². The topological polar surface area (TPSA) is 44.4 Å². The lowest BCUT2D eigenvalue weighted by Crippen LogP contribution is -2.50. The highest BCUT2D eigenvalue weighted by Crippen LogP contribution is 2.21. The van der Waals surface area contributed by atoms with Crippen molar-refractivity contribution in [3.8, 4) is 0 Å². The third-order valence-electron chi connectivity index (χ3n) is 3.76. The van der Waals surface area contributed by atoms with E-state index in [-0.39, 0.29) is 11.9 Å². The fraction of sp³-hybridized carbons (Fsp3) is 0.929. The van der Waals surface area contributed by atoms with E-state index in [0.717, 1.165) is 19.1 Å². The minimum Gasteiger partial charge on any atom is -0.353 e. The third kappa shape index (κ3) is 4.58. The van der Waals surface area contributed by atoms with Crippen molar-refractivity contribution in [3.63, 3.8) is 0 Å². The Morgan fingerprint density at radius 3 is 2.72 bits per heavy atom. The molecule has 1 aliphatic carbocycles. The van der Waals surface area contributed by atoms with E-state index in [2.05, 4.69) is 15.5 Å². The van der Waals surface area contributed by atoms with Gasteiger partial charge in [-0.15, -0.1) is 0 Å². The lowest BCUT2D eigenvalue weighted by molar-refractivity contribution is -0.123. The number of carbonyl (C=O) groups excluding carboxylic acids is 1. The predicted octanol–water partition coefficient (Wildman–Crippen LogP) is 1.12. The molecule has 1 amide bonds. The highest BCUT2D eigenvalue weighted by Gasteiger charge is 2.27. The van der Waals surface area contributed by atoms with E-state index in [0.29, 0.717) is 12.6 Å². The van der Waals surface area contributed by atoms with Crippen molar-refractivity contribution in [1.82, 2.24) is 15.5 Å². The Kier molecular flexibility index (Phi) is 5.01. The van der Waals surface area contributed by atoms with Gasteiger partial charge in [0, 0.05) is 24.7 Å². The van der Waals surface area contributed by atoms with Crippen molar-refractivity contribution >= 4 is 5.91 Å². The van der Waals surface area contributed by atoms with Crippen molar-refractivity contribution in [2.24, 2.45) is 0 Å². The molecule has 2 aliphatic rings. The summed E-state index contributed by atoms with van der Waals surface area (Å²) in [6.45, 7) is 6.72. The van der Waals surface area contributed by atoms with Crippen molar-refractivity contribution in [2.75, 3.05) is 19.6 Å². The molecule has 1 atom stereocenters. The second kappa shape index (κ2) is 6.53. The van der Waals surface area contributed by atoms with Crippen molar-refractivity contribution < 1.29 is 4.79 Å². The summed E-state index contributed by atoms with van der Waals surface area (Å²) in [6, 6.07) is 1.56. The van der Waals surface area contributed by atoms with Crippen LogP contribution in [0, 0.1) is 0 Å². The molecule has 0 spiro atoms. The fourth-order valence-corrected chi connectivity index (χ4v) is 2.64. The fourth-order valence-electron chi connectivity index (χ4n) is 2.64. The predicted molar refractivity (Wildman–Crippen MR) is 73.5 cm³/mol. The van der Waals surface area contributed by atoms with Crippen LogP contribution >= 0.6 is 0 Å². The van der Waals surface area contributed by atoms with Gasteiger partial charge in [0.05, 0.1) is 6.54 Å². The molecule has 1 unspecified atom stereocenters. The van der Waals surface area contributed by atoms with Gasteiger partial charge in [0.15, 0.2) is 0 Å². The second-order valence-corrected chi connectivity index (χ2v) is 6.02. The van der Waals surface area contributed by atoms with Crippen LogP contribution in [-0.4, -0.2) is 48.6 Å². The van der Waals surface area contributed by atoms with Gasteiger partial charge < -0.3 is 10.6 Å². The summed E-state index contributed by atoms with van der Waals surface area (Å²) < 4.78 is 0. The van der Waals surface area contributed by atoms with Crippen LogP contribution in [0.4, 0.5) is 0 Å². The zero-order valence-electron chi connectivity index (χ0n) is 11.7. The van der Waals surface area contributed by atoms with E-state index in [1.165, 1.54) is 32.1 Å². The molecule has 1 aliphatic heterocycles. The summed E-state index contributed by atoms with van der Waals surface area (Å²) >= 11 is 0. The molecule has 1 heterocycles. The average Bonchev–Trinajstić information content (AvgIpc) is 3.10. The third-order valence-corrected chi connectivity index (χ3v) is 3.76. The van der Waals surface area contributed by atoms with Crippen LogP contribution in [0.1, 0.15) is 46.0 Å². The molecule has 0 aromatic carbocycles. The van der Waals surface area contributed by atoms with Gasteiger partial charge in [-0.3, -0.25) is 9.69 Å². The highest BCUT2D eigenvalue weighted by molar-refractivity contribution is 5.78. The maximum atomic E-state index is 11.8. The number of piperidine rings is 1. The van der Waals surface area contributed by atoms with Crippen molar-refractivity contribution in [2.45, 2.75) is 64.1 Å². The molecule has 0 aromatic rings. The highest BCUT2D eigenvalue weighted by atomic mass is 16.2. The molecule has 2 fully saturated rings. The van der Waals surface area contributed by atoms with Gasteiger partial charge in [0.1, 0.15) is 0 Å². The first-order valence-corrected chi connectivity index (χ1v) is 7.42. The van der Waals surface area contributed by atoms with Gasteiger partial charge >= 0.3 is 0 Å². The maximum absolute atomic E-state index is 11.8. The number of hydrogen-bond donors (Lipinski definition) is 2. The Labute approximate surface area is 110 Å². The van der Waals surface area contributed by atoms with Crippen LogP contribution in [-0.2, 0) is 4.79 Å². The number of carbonyl (C=O) groups is 1. The largest absolute Gasteiger partial charge is 0.353 e. The SMILES string of the molecule is CC(C)NC(=O)CN1CCCCC1CNC1CC1.